The van der Waals surface area contributed by atoms with E-state index in [1.807, 2.05) is 12.1 Å². The van der Waals surface area contributed by atoms with Crippen molar-refractivity contribution in [3.8, 4) is 22.3 Å². The lowest BCUT2D eigenvalue weighted by atomic mass is 9.77. The molecule has 1 fully saturated rings. The van der Waals surface area contributed by atoms with Crippen LogP contribution in [0, 0.1) is 11.7 Å². The summed E-state index contributed by atoms with van der Waals surface area (Å²) >= 11 is 0. The topological polar surface area (TPSA) is 0 Å². The zero-order chi connectivity index (χ0) is 24.6. The fraction of sp³-hybridized carbons (Fsp3) is 0.333. The Labute approximate surface area is 196 Å². The number of hydrogen-bond acceptors (Lipinski definition) is 0. The largest absolute Gasteiger partial charge is 0.310 e. The SMILES string of the molecule is CCCC1CCC(c2ccc(-c3ccc(-c4ccc(S(F)(F)(F)(F)F)cc4)c(F)c3)cc2)CC1. The van der Waals surface area contributed by atoms with Crippen LogP contribution in [0.2, 0.25) is 0 Å². The Balaban J connectivity index is 1.49. The summed E-state index contributed by atoms with van der Waals surface area (Å²) in [4.78, 5) is -1.99. The second-order valence-corrected chi connectivity index (χ2v) is 11.7. The highest BCUT2D eigenvalue weighted by molar-refractivity contribution is 8.45. The molecule has 34 heavy (non-hydrogen) atoms. The summed E-state index contributed by atoms with van der Waals surface area (Å²) in [6, 6.07) is 14.9. The van der Waals surface area contributed by atoms with Gasteiger partial charge in [-0.1, -0.05) is 87.7 Å². The third kappa shape index (κ3) is 5.62. The Hall–Kier alpha value is -2.41. The minimum Gasteiger partial charge on any atom is -0.206 e. The fourth-order valence-electron chi connectivity index (χ4n) is 4.96. The molecule has 0 spiro atoms. The van der Waals surface area contributed by atoms with Gasteiger partial charge in [0.05, 0.1) is 0 Å². The molecule has 0 unspecified atom stereocenters. The lowest BCUT2D eigenvalue weighted by molar-refractivity contribution is 0.308. The second kappa shape index (κ2) is 8.36. The predicted molar refractivity (Wildman–Crippen MR) is 128 cm³/mol. The van der Waals surface area contributed by atoms with E-state index >= 15 is 0 Å². The first kappa shape index (κ1) is 24.7. The molecule has 1 saturated carbocycles. The molecule has 0 N–H and O–H groups in total. The van der Waals surface area contributed by atoms with Crippen molar-refractivity contribution in [2.24, 2.45) is 5.92 Å². The van der Waals surface area contributed by atoms with E-state index in [2.05, 4.69) is 19.1 Å². The van der Waals surface area contributed by atoms with Gasteiger partial charge < -0.3 is 0 Å². The average molecular weight is 499 g/mol. The van der Waals surface area contributed by atoms with Crippen LogP contribution in [0.4, 0.5) is 23.8 Å². The van der Waals surface area contributed by atoms with E-state index in [1.165, 1.54) is 56.2 Å². The van der Waals surface area contributed by atoms with Crippen molar-refractivity contribution in [2.45, 2.75) is 56.3 Å². The van der Waals surface area contributed by atoms with Crippen LogP contribution < -0.4 is 0 Å². The summed E-state index contributed by atoms with van der Waals surface area (Å²) < 4.78 is 79.4. The van der Waals surface area contributed by atoms with Crippen LogP contribution in [-0.4, -0.2) is 0 Å². The maximum absolute atomic E-state index is 14.8. The van der Waals surface area contributed by atoms with E-state index in [9.17, 15) is 23.8 Å². The van der Waals surface area contributed by atoms with E-state index < -0.39 is 20.9 Å². The van der Waals surface area contributed by atoms with Crippen molar-refractivity contribution in [1.29, 1.82) is 0 Å². The van der Waals surface area contributed by atoms with Crippen molar-refractivity contribution in [2.75, 3.05) is 0 Å². The van der Waals surface area contributed by atoms with E-state index in [0.717, 1.165) is 23.6 Å². The molecule has 1 aliphatic carbocycles. The van der Waals surface area contributed by atoms with Crippen LogP contribution in [0.25, 0.3) is 22.3 Å². The van der Waals surface area contributed by atoms with Gasteiger partial charge in [0.2, 0.25) is 0 Å². The van der Waals surface area contributed by atoms with Gasteiger partial charge in [0, 0.05) is 5.56 Å². The Bertz CT molecular complexity index is 1140. The molecule has 1 aliphatic rings. The molecule has 0 radical (unpaired) electrons. The Kier molecular flexibility index (Phi) is 6.08. The second-order valence-electron chi connectivity index (χ2n) is 9.32. The number of rotatable bonds is 6. The van der Waals surface area contributed by atoms with Gasteiger partial charge >= 0.3 is 10.2 Å². The molecule has 7 heteroatoms. The zero-order valence-corrected chi connectivity index (χ0v) is 19.7. The quantitative estimate of drug-likeness (QED) is 0.297. The van der Waals surface area contributed by atoms with Crippen LogP contribution in [0.5, 0.6) is 0 Å². The highest BCUT2D eigenvalue weighted by Gasteiger charge is 2.65. The maximum Gasteiger partial charge on any atom is 0.310 e. The normalized spacial score (nSPS) is 21.0. The van der Waals surface area contributed by atoms with Crippen LogP contribution in [0.15, 0.2) is 71.6 Å². The lowest BCUT2D eigenvalue weighted by Gasteiger charge is -2.40. The molecule has 0 amide bonds. The average Bonchev–Trinajstić information content (AvgIpc) is 2.79. The molecule has 0 nitrogen and oxygen atoms in total. The molecule has 184 valence electrons. The number of benzene rings is 3. The van der Waals surface area contributed by atoms with E-state index in [4.69, 9.17) is 0 Å². The summed E-state index contributed by atoms with van der Waals surface area (Å²) in [7, 11) is -9.75. The standard InChI is InChI=1S/C27H28F6S/c1-2-3-19-4-6-20(7-5-19)21-8-10-22(11-9-21)24-14-17-26(27(28)18-24)23-12-15-25(16-13-23)34(29,30,31,32)33/h8-20H,2-7H2,1H3. The van der Waals surface area contributed by atoms with Crippen molar-refractivity contribution in [1.82, 2.24) is 0 Å². The molecule has 3 aromatic carbocycles. The summed E-state index contributed by atoms with van der Waals surface area (Å²) in [5.41, 5.74) is 2.93. The molecular formula is C27H28F6S. The summed E-state index contributed by atoms with van der Waals surface area (Å²) in [5, 5.41) is 0. The van der Waals surface area contributed by atoms with Gasteiger partial charge in [-0.3, -0.25) is 0 Å². The monoisotopic (exact) mass is 498 g/mol. The molecule has 0 heterocycles. The third-order valence-corrected chi connectivity index (χ3v) is 8.00. The summed E-state index contributed by atoms with van der Waals surface area (Å²) in [6.45, 7) is 2.23. The molecule has 0 saturated heterocycles. The van der Waals surface area contributed by atoms with Gasteiger partial charge in [-0.05, 0) is 78.0 Å². The Morgan fingerprint density at radius 2 is 1.26 bits per heavy atom. The smallest absolute Gasteiger partial charge is 0.206 e. The molecule has 0 aliphatic heterocycles. The Morgan fingerprint density at radius 1 is 0.706 bits per heavy atom. The predicted octanol–water partition coefficient (Wildman–Crippen LogP) is 10.9. The van der Waals surface area contributed by atoms with Crippen molar-refractivity contribution < 1.29 is 23.8 Å². The molecule has 0 aromatic heterocycles. The first-order valence-electron chi connectivity index (χ1n) is 11.6. The molecule has 3 aromatic rings. The van der Waals surface area contributed by atoms with Crippen molar-refractivity contribution in [3.05, 3.63) is 78.1 Å². The first-order valence-corrected chi connectivity index (χ1v) is 13.5. The molecular weight excluding hydrogens is 470 g/mol. The Morgan fingerprint density at radius 3 is 1.79 bits per heavy atom. The molecule has 0 atom stereocenters. The van der Waals surface area contributed by atoms with Crippen LogP contribution in [0.3, 0.4) is 0 Å². The van der Waals surface area contributed by atoms with Crippen LogP contribution in [0.1, 0.15) is 56.9 Å². The van der Waals surface area contributed by atoms with Gasteiger partial charge in [0.15, 0.2) is 0 Å². The minimum absolute atomic E-state index is 0.0536. The van der Waals surface area contributed by atoms with Gasteiger partial charge in [0.25, 0.3) is 0 Å². The lowest BCUT2D eigenvalue weighted by Crippen LogP contribution is -2.13. The third-order valence-electron chi connectivity index (χ3n) is 6.84. The van der Waals surface area contributed by atoms with E-state index in [0.29, 0.717) is 23.6 Å². The van der Waals surface area contributed by atoms with Gasteiger partial charge in [-0.15, -0.1) is 0 Å². The first-order chi connectivity index (χ1) is 15.8. The number of hydrogen-bond donors (Lipinski definition) is 0. The van der Waals surface area contributed by atoms with E-state index in [1.54, 1.807) is 6.07 Å². The maximum atomic E-state index is 14.8. The number of halogens is 6. The minimum atomic E-state index is -9.75. The van der Waals surface area contributed by atoms with Crippen LogP contribution in [-0.2, 0) is 0 Å². The summed E-state index contributed by atoms with van der Waals surface area (Å²) in [6.07, 6.45) is 7.43. The van der Waals surface area contributed by atoms with Crippen molar-refractivity contribution >= 4 is 10.2 Å². The summed E-state index contributed by atoms with van der Waals surface area (Å²) in [5.74, 6) is 0.760. The van der Waals surface area contributed by atoms with Gasteiger partial charge in [-0.25, -0.2) is 4.39 Å². The van der Waals surface area contributed by atoms with E-state index in [-0.39, 0.29) is 11.1 Å². The fourth-order valence-corrected chi connectivity index (χ4v) is 5.61. The van der Waals surface area contributed by atoms with Gasteiger partial charge in [-0.2, -0.15) is 0 Å². The molecule has 0 bridgehead atoms. The molecule has 4 rings (SSSR count). The van der Waals surface area contributed by atoms with Crippen molar-refractivity contribution in [3.63, 3.8) is 0 Å². The highest BCUT2D eigenvalue weighted by atomic mass is 32.5. The zero-order valence-electron chi connectivity index (χ0n) is 18.9. The van der Waals surface area contributed by atoms with Gasteiger partial charge in [0.1, 0.15) is 10.7 Å². The highest BCUT2D eigenvalue weighted by Crippen LogP contribution is 3.02. The van der Waals surface area contributed by atoms with Crippen LogP contribution >= 0.6 is 10.2 Å².